The summed E-state index contributed by atoms with van der Waals surface area (Å²) in [7, 11) is 1.44. The maximum absolute atomic E-state index is 12.3. The maximum Gasteiger partial charge on any atom is 0.251 e. The van der Waals surface area contributed by atoms with Crippen molar-refractivity contribution in [1.82, 2.24) is 26.6 Å². The molecule has 1 rings (SSSR count). The maximum atomic E-state index is 12.3. The van der Waals surface area contributed by atoms with Gasteiger partial charge in [-0.15, -0.1) is 0 Å². The van der Waals surface area contributed by atoms with Crippen LogP contribution in [0.1, 0.15) is 38.1 Å². The van der Waals surface area contributed by atoms with E-state index < -0.39 is 47.8 Å². The topological polar surface area (TPSA) is 166 Å². The van der Waals surface area contributed by atoms with Crippen molar-refractivity contribution in [3.8, 4) is 5.75 Å². The van der Waals surface area contributed by atoms with Gasteiger partial charge < -0.3 is 31.7 Å². The van der Waals surface area contributed by atoms with Gasteiger partial charge in [-0.1, -0.05) is 0 Å². The standard InChI is InChI=1S/C20H29N5O6/c1-10(16(27)21-5)22-17(28)11(2)23-18(29)12(3)24-19(30)13(4)25-20(31)14-6-8-15(26)9-7-14/h6-13,26H,1-5H3,(H,21,27)(H,22,28)(H,23,29)(H,24,30)(H,25,31)/t10-,11-,12-,13-/m0/s1. The van der Waals surface area contributed by atoms with E-state index in [1.165, 1.54) is 59.0 Å². The van der Waals surface area contributed by atoms with Gasteiger partial charge in [0.25, 0.3) is 5.91 Å². The van der Waals surface area contributed by atoms with Crippen LogP contribution in [0.3, 0.4) is 0 Å². The first-order valence-electron chi connectivity index (χ1n) is 9.68. The number of benzene rings is 1. The lowest BCUT2D eigenvalue weighted by atomic mass is 10.2. The first kappa shape index (κ1) is 25.4. The fourth-order valence-corrected chi connectivity index (χ4v) is 2.39. The van der Waals surface area contributed by atoms with Gasteiger partial charge in [-0.05, 0) is 52.0 Å². The molecule has 31 heavy (non-hydrogen) atoms. The molecule has 0 heterocycles. The lowest BCUT2D eigenvalue weighted by Gasteiger charge is -2.21. The molecule has 11 heteroatoms. The summed E-state index contributed by atoms with van der Waals surface area (Å²) in [6, 6.07) is 1.87. The van der Waals surface area contributed by atoms with E-state index >= 15 is 0 Å². The van der Waals surface area contributed by atoms with Crippen LogP contribution in [0.4, 0.5) is 0 Å². The Balaban J connectivity index is 2.53. The molecule has 0 spiro atoms. The second-order valence-corrected chi connectivity index (χ2v) is 7.05. The number of likely N-dealkylation sites (N-methyl/N-ethyl adjacent to an activating group) is 1. The van der Waals surface area contributed by atoms with Crippen LogP contribution in [0.15, 0.2) is 24.3 Å². The second-order valence-electron chi connectivity index (χ2n) is 7.05. The molecule has 0 radical (unpaired) electrons. The molecule has 0 bridgehead atoms. The van der Waals surface area contributed by atoms with E-state index in [-0.39, 0.29) is 17.2 Å². The van der Waals surface area contributed by atoms with Gasteiger partial charge in [0.1, 0.15) is 29.9 Å². The summed E-state index contributed by atoms with van der Waals surface area (Å²) in [5.41, 5.74) is 0.258. The van der Waals surface area contributed by atoms with Crippen molar-refractivity contribution in [2.24, 2.45) is 0 Å². The molecule has 5 amide bonds. The number of hydrogen-bond acceptors (Lipinski definition) is 6. The number of carbonyl (C=O) groups excluding carboxylic acids is 5. The highest BCUT2D eigenvalue weighted by molar-refractivity contribution is 5.98. The third-order valence-corrected chi connectivity index (χ3v) is 4.37. The van der Waals surface area contributed by atoms with Gasteiger partial charge in [0.15, 0.2) is 0 Å². The summed E-state index contributed by atoms with van der Waals surface area (Å²) in [5.74, 6) is -2.66. The Labute approximate surface area is 180 Å². The molecule has 1 aromatic rings. The highest BCUT2D eigenvalue weighted by Gasteiger charge is 2.25. The Morgan fingerprint density at radius 2 is 1.00 bits per heavy atom. The Bertz CT molecular complexity index is 826. The number of phenols is 1. The average Bonchev–Trinajstić information content (AvgIpc) is 2.72. The minimum Gasteiger partial charge on any atom is -0.508 e. The summed E-state index contributed by atoms with van der Waals surface area (Å²) < 4.78 is 0. The largest absolute Gasteiger partial charge is 0.508 e. The highest BCUT2D eigenvalue weighted by Crippen LogP contribution is 2.09. The van der Waals surface area contributed by atoms with Crippen LogP contribution in [0.25, 0.3) is 0 Å². The average molecular weight is 435 g/mol. The molecule has 11 nitrogen and oxygen atoms in total. The molecule has 0 aliphatic heterocycles. The summed E-state index contributed by atoms with van der Waals surface area (Å²) in [6.45, 7) is 5.83. The monoisotopic (exact) mass is 435 g/mol. The zero-order chi connectivity index (χ0) is 23.7. The Hall–Kier alpha value is -3.63. The number of hydrogen-bond donors (Lipinski definition) is 6. The van der Waals surface area contributed by atoms with Crippen LogP contribution < -0.4 is 26.6 Å². The molecule has 6 N–H and O–H groups in total. The number of rotatable bonds is 9. The number of amides is 5. The molecule has 0 fully saturated rings. The molecule has 0 saturated heterocycles. The first-order valence-corrected chi connectivity index (χ1v) is 9.68. The van der Waals surface area contributed by atoms with Gasteiger partial charge in [0, 0.05) is 12.6 Å². The van der Waals surface area contributed by atoms with Crippen molar-refractivity contribution >= 4 is 29.5 Å². The summed E-state index contributed by atoms with van der Waals surface area (Å²) in [5, 5.41) is 21.5. The van der Waals surface area contributed by atoms with Crippen molar-refractivity contribution in [2.75, 3.05) is 7.05 Å². The quantitative estimate of drug-likeness (QED) is 0.284. The molecule has 1 aromatic carbocycles. The van der Waals surface area contributed by atoms with Crippen LogP contribution in [-0.4, -0.2) is 65.9 Å². The predicted molar refractivity (Wildman–Crippen MR) is 112 cm³/mol. The van der Waals surface area contributed by atoms with Crippen molar-refractivity contribution in [2.45, 2.75) is 51.9 Å². The third-order valence-electron chi connectivity index (χ3n) is 4.37. The van der Waals surface area contributed by atoms with Crippen molar-refractivity contribution in [1.29, 1.82) is 0 Å². The molecule has 0 aliphatic carbocycles. The molecule has 0 aromatic heterocycles. The number of carbonyl (C=O) groups is 5. The van der Waals surface area contributed by atoms with E-state index in [0.717, 1.165) is 0 Å². The van der Waals surface area contributed by atoms with Gasteiger partial charge in [-0.25, -0.2) is 0 Å². The zero-order valence-electron chi connectivity index (χ0n) is 18.1. The Morgan fingerprint density at radius 1 is 0.645 bits per heavy atom. The van der Waals surface area contributed by atoms with E-state index in [9.17, 15) is 29.1 Å². The van der Waals surface area contributed by atoms with Crippen LogP contribution in [0, 0.1) is 0 Å². The van der Waals surface area contributed by atoms with E-state index in [2.05, 4.69) is 26.6 Å². The predicted octanol–water partition coefficient (Wildman–Crippen LogP) is -1.23. The van der Waals surface area contributed by atoms with Crippen molar-refractivity contribution in [3.63, 3.8) is 0 Å². The number of phenolic OH excluding ortho intramolecular Hbond substituents is 1. The molecule has 4 atom stereocenters. The van der Waals surface area contributed by atoms with E-state index in [1.54, 1.807) is 0 Å². The van der Waals surface area contributed by atoms with Gasteiger partial charge in [-0.3, -0.25) is 24.0 Å². The number of aromatic hydroxyl groups is 1. The smallest absolute Gasteiger partial charge is 0.251 e. The lowest BCUT2D eigenvalue weighted by molar-refractivity contribution is -0.133. The lowest BCUT2D eigenvalue weighted by Crippen LogP contribution is -2.56. The minimum absolute atomic E-state index is 0.00757. The Kier molecular flexibility index (Phi) is 9.45. The minimum atomic E-state index is -0.980. The fraction of sp³-hybridized carbons (Fsp3) is 0.450. The van der Waals surface area contributed by atoms with Gasteiger partial charge in [0.2, 0.25) is 23.6 Å². The molecule has 0 unspecified atom stereocenters. The van der Waals surface area contributed by atoms with Gasteiger partial charge in [0.05, 0.1) is 0 Å². The van der Waals surface area contributed by atoms with Crippen LogP contribution in [0.5, 0.6) is 5.75 Å². The molecular formula is C20H29N5O6. The van der Waals surface area contributed by atoms with Gasteiger partial charge >= 0.3 is 0 Å². The SMILES string of the molecule is CNC(=O)[C@H](C)NC(=O)[C@H](C)NC(=O)[C@H](C)NC(=O)[C@H](C)NC(=O)c1ccc(O)cc1. The molecule has 0 aliphatic rings. The van der Waals surface area contributed by atoms with E-state index in [0.29, 0.717) is 0 Å². The van der Waals surface area contributed by atoms with E-state index in [4.69, 9.17) is 0 Å². The number of nitrogens with one attached hydrogen (secondary N) is 5. The fourth-order valence-electron chi connectivity index (χ4n) is 2.39. The highest BCUT2D eigenvalue weighted by atomic mass is 16.3. The summed E-state index contributed by atoms with van der Waals surface area (Å²) >= 11 is 0. The van der Waals surface area contributed by atoms with Crippen LogP contribution in [0.2, 0.25) is 0 Å². The third kappa shape index (κ3) is 7.96. The van der Waals surface area contributed by atoms with Gasteiger partial charge in [-0.2, -0.15) is 0 Å². The molecule has 0 saturated carbocycles. The molecule has 170 valence electrons. The molecular weight excluding hydrogens is 406 g/mol. The van der Waals surface area contributed by atoms with Crippen molar-refractivity contribution < 1.29 is 29.1 Å². The second kappa shape index (κ2) is 11.5. The summed E-state index contributed by atoms with van der Waals surface area (Å²) in [6.07, 6.45) is 0. The normalized spacial score (nSPS) is 14.2. The summed E-state index contributed by atoms with van der Waals surface area (Å²) in [4.78, 5) is 60.2. The zero-order valence-corrected chi connectivity index (χ0v) is 18.1. The first-order chi connectivity index (χ1) is 14.5. The Morgan fingerprint density at radius 3 is 1.39 bits per heavy atom. The van der Waals surface area contributed by atoms with Crippen LogP contribution >= 0.6 is 0 Å². The van der Waals surface area contributed by atoms with Crippen molar-refractivity contribution in [3.05, 3.63) is 29.8 Å². The van der Waals surface area contributed by atoms with E-state index in [1.807, 2.05) is 0 Å². The van der Waals surface area contributed by atoms with Crippen LogP contribution in [-0.2, 0) is 19.2 Å².